The van der Waals surface area contributed by atoms with Crippen molar-refractivity contribution < 1.29 is 14.7 Å². The van der Waals surface area contributed by atoms with E-state index in [9.17, 15) is 9.59 Å². The minimum absolute atomic E-state index is 0.139. The second-order valence-corrected chi connectivity index (χ2v) is 4.41. The Balaban J connectivity index is 2.70. The van der Waals surface area contributed by atoms with Gasteiger partial charge in [-0.25, -0.2) is 4.79 Å². The van der Waals surface area contributed by atoms with Crippen LogP contribution < -0.4 is 5.32 Å². The minimum Gasteiger partial charge on any atom is -0.480 e. The van der Waals surface area contributed by atoms with Crippen LogP contribution in [0.25, 0.3) is 0 Å². The summed E-state index contributed by atoms with van der Waals surface area (Å²) in [5.74, 6) is -1.13. The first kappa shape index (κ1) is 12.0. The van der Waals surface area contributed by atoms with Gasteiger partial charge in [0.1, 0.15) is 5.54 Å². The zero-order valence-corrected chi connectivity index (χ0v) is 9.41. The van der Waals surface area contributed by atoms with Gasteiger partial charge in [0.2, 0.25) is 5.91 Å². The number of nitrogens with one attached hydrogen (secondary N) is 1. The summed E-state index contributed by atoms with van der Waals surface area (Å²) in [4.78, 5) is 24.2. The third kappa shape index (κ3) is 2.28. The highest BCUT2D eigenvalue weighted by Crippen LogP contribution is 2.16. The second-order valence-electron chi connectivity index (χ2n) is 4.41. The van der Waals surface area contributed by atoms with Crippen molar-refractivity contribution in [2.45, 2.75) is 38.3 Å². The summed E-state index contributed by atoms with van der Waals surface area (Å²) >= 11 is 0. The second kappa shape index (κ2) is 4.18. The molecule has 1 aliphatic rings. The van der Waals surface area contributed by atoms with E-state index in [0.29, 0.717) is 0 Å². The molecule has 5 heteroatoms. The van der Waals surface area contributed by atoms with Crippen molar-refractivity contribution in [2.24, 2.45) is 0 Å². The molecule has 0 radical (unpaired) electrons. The van der Waals surface area contributed by atoms with Crippen molar-refractivity contribution in [1.29, 1.82) is 0 Å². The average molecular weight is 214 g/mol. The molecule has 15 heavy (non-hydrogen) atoms. The molecule has 5 nitrogen and oxygen atoms in total. The molecule has 0 spiro atoms. The maximum Gasteiger partial charge on any atom is 0.329 e. The number of carbonyl (C=O) groups excluding carboxylic acids is 1. The van der Waals surface area contributed by atoms with Crippen molar-refractivity contribution in [2.75, 3.05) is 13.6 Å². The molecule has 1 fully saturated rings. The number of rotatable bonds is 3. The van der Waals surface area contributed by atoms with Gasteiger partial charge < -0.3 is 15.3 Å². The summed E-state index contributed by atoms with van der Waals surface area (Å²) in [5, 5.41) is 12.1. The molecular weight excluding hydrogens is 196 g/mol. The average Bonchev–Trinajstić information content (AvgIpc) is 2.67. The third-order valence-electron chi connectivity index (χ3n) is 3.05. The fourth-order valence-electron chi connectivity index (χ4n) is 1.55. The first-order valence-electron chi connectivity index (χ1n) is 5.12. The molecule has 86 valence electrons. The van der Waals surface area contributed by atoms with E-state index >= 15 is 0 Å². The summed E-state index contributed by atoms with van der Waals surface area (Å²) in [6, 6.07) is -0.214. The number of amides is 1. The fraction of sp³-hybridized carbons (Fsp3) is 0.800. The van der Waals surface area contributed by atoms with Crippen LogP contribution in [0.1, 0.15) is 26.7 Å². The van der Waals surface area contributed by atoms with E-state index in [1.807, 2.05) is 0 Å². The molecule has 1 saturated heterocycles. The Morgan fingerprint density at radius 1 is 1.47 bits per heavy atom. The lowest BCUT2D eigenvalue weighted by atomic mass is 10.0. The molecule has 1 aliphatic heterocycles. The van der Waals surface area contributed by atoms with Gasteiger partial charge in [0, 0.05) is 7.05 Å². The predicted molar refractivity (Wildman–Crippen MR) is 55.5 cm³/mol. The summed E-state index contributed by atoms with van der Waals surface area (Å²) in [5.41, 5.74) is -1.15. The van der Waals surface area contributed by atoms with Crippen molar-refractivity contribution in [1.82, 2.24) is 10.2 Å². The van der Waals surface area contributed by atoms with E-state index < -0.39 is 11.5 Å². The number of nitrogens with zero attached hydrogens (tertiary/aromatic N) is 1. The zero-order chi connectivity index (χ0) is 11.6. The Morgan fingerprint density at radius 3 is 2.47 bits per heavy atom. The molecule has 1 rings (SSSR count). The smallest absolute Gasteiger partial charge is 0.329 e. The Hall–Kier alpha value is -1.10. The third-order valence-corrected chi connectivity index (χ3v) is 3.05. The van der Waals surface area contributed by atoms with Crippen LogP contribution in [0.3, 0.4) is 0 Å². The molecule has 1 atom stereocenters. The lowest BCUT2D eigenvalue weighted by molar-refractivity contribution is -0.156. The van der Waals surface area contributed by atoms with Crippen molar-refractivity contribution in [3.8, 4) is 0 Å². The van der Waals surface area contributed by atoms with Crippen LogP contribution in [0.15, 0.2) is 0 Å². The van der Waals surface area contributed by atoms with Gasteiger partial charge in [0.15, 0.2) is 0 Å². The lowest BCUT2D eigenvalue weighted by Crippen LogP contribution is -2.55. The van der Waals surface area contributed by atoms with Crippen LogP contribution in [-0.2, 0) is 9.59 Å². The number of carboxylic acid groups (broad SMARTS) is 1. The fourth-order valence-corrected chi connectivity index (χ4v) is 1.55. The molecule has 1 amide bonds. The maximum absolute atomic E-state index is 11.9. The van der Waals surface area contributed by atoms with E-state index in [4.69, 9.17) is 5.11 Å². The summed E-state index contributed by atoms with van der Waals surface area (Å²) in [6.45, 7) is 3.89. The molecule has 2 N–H and O–H groups in total. The van der Waals surface area contributed by atoms with Crippen LogP contribution in [-0.4, -0.2) is 47.1 Å². The number of carbonyl (C=O) groups is 2. The summed E-state index contributed by atoms with van der Waals surface area (Å²) in [7, 11) is 1.54. The number of aliphatic carboxylic acids is 1. The molecule has 0 aromatic rings. The van der Waals surface area contributed by atoms with Crippen molar-refractivity contribution in [3.05, 3.63) is 0 Å². The van der Waals surface area contributed by atoms with Gasteiger partial charge in [-0.05, 0) is 33.2 Å². The van der Waals surface area contributed by atoms with E-state index in [2.05, 4.69) is 5.32 Å². The molecule has 0 unspecified atom stereocenters. The maximum atomic E-state index is 11.9. The van der Waals surface area contributed by atoms with Crippen LogP contribution in [0.4, 0.5) is 0 Å². The highest BCUT2D eigenvalue weighted by molar-refractivity contribution is 5.89. The predicted octanol–water partition coefficient (Wildman–Crippen LogP) is 0.0600. The molecule has 0 bridgehead atoms. The van der Waals surface area contributed by atoms with Crippen LogP contribution in [0.5, 0.6) is 0 Å². The Bertz CT molecular complexity index is 270. The molecule has 0 aliphatic carbocycles. The molecule has 0 aromatic carbocycles. The van der Waals surface area contributed by atoms with Gasteiger partial charge in [-0.15, -0.1) is 0 Å². The first-order valence-corrected chi connectivity index (χ1v) is 5.12. The lowest BCUT2D eigenvalue weighted by Gasteiger charge is -2.33. The van der Waals surface area contributed by atoms with Gasteiger partial charge in [0.05, 0.1) is 6.04 Å². The number of hydrogen-bond donors (Lipinski definition) is 2. The number of carboxylic acids is 1. The van der Waals surface area contributed by atoms with Gasteiger partial charge in [0.25, 0.3) is 0 Å². The van der Waals surface area contributed by atoms with E-state index in [0.717, 1.165) is 19.4 Å². The number of hydrogen-bond acceptors (Lipinski definition) is 3. The Labute approximate surface area is 89.4 Å². The topological polar surface area (TPSA) is 69.6 Å². The molecule has 1 heterocycles. The Morgan fingerprint density at radius 2 is 2.07 bits per heavy atom. The first-order chi connectivity index (χ1) is 6.87. The molecule has 0 saturated carbocycles. The van der Waals surface area contributed by atoms with Gasteiger partial charge in [-0.1, -0.05) is 0 Å². The largest absolute Gasteiger partial charge is 0.480 e. The number of likely N-dealkylation sites (N-methyl/N-ethyl adjacent to an activating group) is 1. The van der Waals surface area contributed by atoms with E-state index in [1.165, 1.54) is 25.8 Å². The van der Waals surface area contributed by atoms with Gasteiger partial charge in [-0.3, -0.25) is 4.79 Å². The van der Waals surface area contributed by atoms with Gasteiger partial charge >= 0.3 is 5.97 Å². The minimum atomic E-state index is -1.15. The van der Waals surface area contributed by atoms with E-state index in [-0.39, 0.29) is 11.9 Å². The van der Waals surface area contributed by atoms with Crippen molar-refractivity contribution >= 4 is 11.9 Å². The SMILES string of the molecule is CN(C(=O)[C@@H]1CCCN1)C(C)(C)C(=O)O. The van der Waals surface area contributed by atoms with Crippen molar-refractivity contribution in [3.63, 3.8) is 0 Å². The highest BCUT2D eigenvalue weighted by Gasteiger charge is 2.38. The summed E-state index contributed by atoms with van der Waals surface area (Å²) in [6.07, 6.45) is 1.76. The van der Waals surface area contributed by atoms with Crippen LogP contribution in [0, 0.1) is 0 Å². The van der Waals surface area contributed by atoms with Gasteiger partial charge in [-0.2, -0.15) is 0 Å². The molecular formula is C10H18N2O3. The summed E-state index contributed by atoms with van der Waals surface area (Å²) < 4.78 is 0. The van der Waals surface area contributed by atoms with E-state index in [1.54, 1.807) is 0 Å². The van der Waals surface area contributed by atoms with Crippen LogP contribution in [0.2, 0.25) is 0 Å². The monoisotopic (exact) mass is 214 g/mol. The zero-order valence-electron chi connectivity index (χ0n) is 9.41. The highest BCUT2D eigenvalue weighted by atomic mass is 16.4. The normalized spacial score (nSPS) is 21.4. The standard InChI is InChI=1S/C10H18N2O3/c1-10(2,9(14)15)12(3)8(13)7-5-4-6-11-7/h7,11H,4-6H2,1-3H3,(H,14,15)/t7-/m0/s1. The van der Waals surface area contributed by atoms with Crippen LogP contribution >= 0.6 is 0 Å². The molecule has 0 aromatic heterocycles. The quantitative estimate of drug-likeness (QED) is 0.697. The Kier molecular flexibility index (Phi) is 3.34.